The summed E-state index contributed by atoms with van der Waals surface area (Å²) in [4.78, 5) is 10.2. The maximum atomic E-state index is 10.2. The number of rotatable bonds is 5. The van der Waals surface area contributed by atoms with Gasteiger partial charge in [0, 0.05) is 20.6 Å². The van der Waals surface area contributed by atoms with Gasteiger partial charge in [-0.25, -0.2) is 0 Å². The molecule has 0 bridgehead atoms. The maximum absolute atomic E-state index is 10.2. The number of hydrogen-bond acceptors (Lipinski definition) is 3. The molecule has 0 aliphatic carbocycles. The molecule has 0 fully saturated rings. The Morgan fingerprint density at radius 1 is 1.07 bits per heavy atom. The third kappa shape index (κ3) is 30.7. The molecular formula is C11H22O3. The molecule has 3 nitrogen and oxygen atoms in total. The minimum absolute atomic E-state index is 0.211. The van der Waals surface area contributed by atoms with Crippen molar-refractivity contribution in [3.8, 4) is 0 Å². The van der Waals surface area contributed by atoms with Gasteiger partial charge in [-0.2, -0.15) is 0 Å². The summed E-state index contributed by atoms with van der Waals surface area (Å²) in [7, 11) is 1.66. The van der Waals surface area contributed by atoms with Crippen molar-refractivity contribution in [1.29, 1.82) is 0 Å². The molecule has 0 amide bonds. The van der Waals surface area contributed by atoms with Crippen LogP contribution in [0.2, 0.25) is 0 Å². The number of ether oxygens (including phenoxy) is 2. The van der Waals surface area contributed by atoms with Gasteiger partial charge in [0.1, 0.15) is 0 Å². The topological polar surface area (TPSA) is 35.5 Å². The molecule has 0 aromatic carbocycles. The molecule has 0 heterocycles. The standard InChI is InChI=1S/C7H14O3.2C2H4/c1-7(8)10-6-4-3-5-9-2;2*1-2/h3-6H2,1-2H3;2*1-2H2. The van der Waals surface area contributed by atoms with Crippen LogP contribution in [0.15, 0.2) is 26.3 Å². The molecule has 0 N–H and O–H groups in total. The van der Waals surface area contributed by atoms with Crippen LogP contribution in [0.25, 0.3) is 0 Å². The minimum atomic E-state index is -0.211. The first-order chi connectivity index (χ1) is 6.77. The van der Waals surface area contributed by atoms with E-state index in [1.807, 2.05) is 0 Å². The van der Waals surface area contributed by atoms with E-state index in [1.54, 1.807) is 7.11 Å². The molecule has 0 radical (unpaired) electrons. The van der Waals surface area contributed by atoms with Crippen LogP contribution >= 0.6 is 0 Å². The van der Waals surface area contributed by atoms with Crippen molar-refractivity contribution in [2.24, 2.45) is 0 Å². The Balaban J connectivity index is -0.000000266. The summed E-state index contributed by atoms with van der Waals surface area (Å²) < 4.78 is 9.50. The zero-order valence-corrected chi connectivity index (χ0v) is 9.38. The highest BCUT2D eigenvalue weighted by atomic mass is 16.5. The van der Waals surface area contributed by atoms with Crippen molar-refractivity contribution < 1.29 is 14.3 Å². The van der Waals surface area contributed by atoms with Crippen LogP contribution < -0.4 is 0 Å². The van der Waals surface area contributed by atoms with Crippen LogP contribution in [-0.2, 0) is 14.3 Å². The number of hydrogen-bond donors (Lipinski definition) is 0. The van der Waals surface area contributed by atoms with E-state index in [2.05, 4.69) is 26.3 Å². The Morgan fingerprint density at radius 2 is 1.50 bits per heavy atom. The van der Waals surface area contributed by atoms with E-state index in [1.165, 1.54) is 6.92 Å². The molecule has 0 atom stereocenters. The molecule has 0 spiro atoms. The van der Waals surface area contributed by atoms with Crippen LogP contribution in [-0.4, -0.2) is 26.3 Å². The fraction of sp³-hybridized carbons (Fsp3) is 0.545. The fourth-order valence-electron chi connectivity index (χ4n) is 0.564. The maximum Gasteiger partial charge on any atom is 0.302 e. The quantitative estimate of drug-likeness (QED) is 0.390. The van der Waals surface area contributed by atoms with Gasteiger partial charge < -0.3 is 9.47 Å². The monoisotopic (exact) mass is 202 g/mol. The first kappa shape index (κ1) is 18.6. The Labute approximate surface area is 87.4 Å². The van der Waals surface area contributed by atoms with Gasteiger partial charge in [-0.3, -0.25) is 4.79 Å². The van der Waals surface area contributed by atoms with Crippen LogP contribution in [0, 0.1) is 0 Å². The summed E-state index contributed by atoms with van der Waals surface area (Å²) in [5.41, 5.74) is 0. The molecule has 0 rings (SSSR count). The Morgan fingerprint density at radius 3 is 1.86 bits per heavy atom. The highest BCUT2D eigenvalue weighted by Crippen LogP contribution is 1.90. The smallest absolute Gasteiger partial charge is 0.302 e. The summed E-state index contributed by atoms with van der Waals surface area (Å²) in [6.45, 7) is 14.7. The van der Waals surface area contributed by atoms with E-state index in [4.69, 9.17) is 9.47 Å². The Kier molecular flexibility index (Phi) is 30.2. The van der Waals surface area contributed by atoms with Crippen LogP contribution in [0.5, 0.6) is 0 Å². The highest BCUT2D eigenvalue weighted by molar-refractivity contribution is 5.65. The summed E-state index contributed by atoms with van der Waals surface area (Å²) >= 11 is 0. The highest BCUT2D eigenvalue weighted by Gasteiger charge is 1.91. The van der Waals surface area contributed by atoms with E-state index in [-0.39, 0.29) is 5.97 Å². The Bertz CT molecular complexity index is 111. The van der Waals surface area contributed by atoms with Crippen molar-refractivity contribution in [2.75, 3.05) is 20.3 Å². The van der Waals surface area contributed by atoms with Crippen molar-refractivity contribution >= 4 is 5.97 Å². The zero-order chi connectivity index (χ0) is 11.8. The molecule has 0 aliphatic heterocycles. The lowest BCUT2D eigenvalue weighted by Crippen LogP contribution is -2.01. The molecule has 0 saturated carbocycles. The van der Waals surface area contributed by atoms with E-state index in [9.17, 15) is 4.79 Å². The lowest BCUT2D eigenvalue weighted by atomic mass is 10.3. The lowest BCUT2D eigenvalue weighted by Gasteiger charge is -1.99. The molecule has 84 valence electrons. The van der Waals surface area contributed by atoms with E-state index in [0.29, 0.717) is 6.61 Å². The summed E-state index contributed by atoms with van der Waals surface area (Å²) in [5.74, 6) is -0.211. The lowest BCUT2D eigenvalue weighted by molar-refractivity contribution is -0.141. The predicted octanol–water partition coefficient (Wildman–Crippen LogP) is 2.58. The number of carbonyl (C=O) groups excluding carboxylic acids is 1. The molecule has 0 aliphatic rings. The fourth-order valence-corrected chi connectivity index (χ4v) is 0.564. The number of methoxy groups -OCH3 is 1. The van der Waals surface area contributed by atoms with Crippen LogP contribution in [0.4, 0.5) is 0 Å². The van der Waals surface area contributed by atoms with Crippen LogP contribution in [0.1, 0.15) is 19.8 Å². The van der Waals surface area contributed by atoms with Gasteiger partial charge in [0.05, 0.1) is 6.61 Å². The molecule has 0 aromatic heterocycles. The minimum Gasteiger partial charge on any atom is -0.466 e. The van der Waals surface area contributed by atoms with Crippen molar-refractivity contribution in [3.05, 3.63) is 26.3 Å². The van der Waals surface area contributed by atoms with E-state index >= 15 is 0 Å². The number of carbonyl (C=O) groups is 1. The molecule has 0 unspecified atom stereocenters. The SMILES string of the molecule is C=C.C=C.COCCCCOC(C)=O. The first-order valence-corrected chi connectivity index (χ1v) is 4.39. The third-order valence-electron chi connectivity index (χ3n) is 1.05. The van der Waals surface area contributed by atoms with Crippen molar-refractivity contribution in [2.45, 2.75) is 19.8 Å². The second kappa shape index (κ2) is 22.7. The summed E-state index contributed by atoms with van der Waals surface area (Å²) in [6.07, 6.45) is 1.83. The second-order valence-corrected chi connectivity index (χ2v) is 2.04. The predicted molar refractivity (Wildman–Crippen MR) is 60.3 cm³/mol. The van der Waals surface area contributed by atoms with E-state index in [0.717, 1.165) is 19.4 Å². The summed E-state index contributed by atoms with van der Waals surface area (Å²) in [6, 6.07) is 0. The largest absolute Gasteiger partial charge is 0.466 e. The third-order valence-corrected chi connectivity index (χ3v) is 1.05. The molecule has 0 aromatic rings. The van der Waals surface area contributed by atoms with Gasteiger partial charge in [-0.1, -0.05) is 0 Å². The molecule has 0 saturated heterocycles. The van der Waals surface area contributed by atoms with Gasteiger partial charge >= 0.3 is 5.97 Å². The van der Waals surface area contributed by atoms with Gasteiger partial charge in [0.25, 0.3) is 0 Å². The molecule has 3 heteroatoms. The number of unbranched alkanes of at least 4 members (excludes halogenated alkanes) is 1. The first-order valence-electron chi connectivity index (χ1n) is 4.39. The normalized spacial score (nSPS) is 7.29. The number of esters is 1. The second-order valence-electron chi connectivity index (χ2n) is 2.04. The average molecular weight is 202 g/mol. The average Bonchev–Trinajstić information content (AvgIpc) is 2.23. The van der Waals surface area contributed by atoms with Crippen molar-refractivity contribution in [1.82, 2.24) is 0 Å². The molecule has 14 heavy (non-hydrogen) atoms. The Hall–Kier alpha value is -1.09. The zero-order valence-electron chi connectivity index (χ0n) is 9.38. The van der Waals surface area contributed by atoms with Crippen LogP contribution in [0.3, 0.4) is 0 Å². The summed E-state index contributed by atoms with van der Waals surface area (Å²) in [5, 5.41) is 0. The van der Waals surface area contributed by atoms with E-state index < -0.39 is 0 Å². The van der Waals surface area contributed by atoms with Gasteiger partial charge in [0.15, 0.2) is 0 Å². The van der Waals surface area contributed by atoms with Gasteiger partial charge in [0.2, 0.25) is 0 Å². The van der Waals surface area contributed by atoms with Gasteiger partial charge in [-0.15, -0.1) is 26.3 Å². The molecular weight excluding hydrogens is 180 g/mol. The van der Waals surface area contributed by atoms with Crippen molar-refractivity contribution in [3.63, 3.8) is 0 Å². The van der Waals surface area contributed by atoms with Gasteiger partial charge in [-0.05, 0) is 12.8 Å².